The van der Waals surface area contributed by atoms with E-state index < -0.39 is 15.9 Å². The Hall–Kier alpha value is -2.22. The van der Waals surface area contributed by atoms with E-state index in [9.17, 15) is 18.0 Å². The molecule has 7 nitrogen and oxygen atoms in total. The molecule has 2 heterocycles. The third-order valence-corrected chi connectivity index (χ3v) is 6.76. The van der Waals surface area contributed by atoms with Crippen LogP contribution in [0.5, 0.6) is 0 Å². The fourth-order valence-corrected chi connectivity index (χ4v) is 5.42. The number of nitrogens with one attached hydrogen (secondary N) is 1. The number of fused-ring (bicyclic) bond motifs is 1. The molecule has 2 fully saturated rings. The summed E-state index contributed by atoms with van der Waals surface area (Å²) < 4.78 is 25.3. The van der Waals surface area contributed by atoms with Gasteiger partial charge in [0.15, 0.2) is 0 Å². The molecule has 2 aromatic rings. The van der Waals surface area contributed by atoms with Crippen LogP contribution in [0.2, 0.25) is 0 Å². The second kappa shape index (κ2) is 5.14. The Balaban J connectivity index is 1.51. The number of rotatable bonds is 3. The van der Waals surface area contributed by atoms with Gasteiger partial charge in [0.05, 0.1) is 16.7 Å². The van der Waals surface area contributed by atoms with E-state index in [-0.39, 0.29) is 29.6 Å². The number of aromatic nitrogens is 2. The average molecular weight is 347 g/mol. The van der Waals surface area contributed by atoms with Gasteiger partial charge in [0.1, 0.15) is 5.82 Å². The second-order valence-corrected chi connectivity index (χ2v) is 8.58. The first kappa shape index (κ1) is 15.3. The smallest absolute Gasteiger partial charge is 0.258 e. The molecule has 1 aromatic carbocycles. The van der Waals surface area contributed by atoms with Crippen molar-refractivity contribution in [1.29, 1.82) is 0 Å². The predicted molar refractivity (Wildman–Crippen MR) is 87.9 cm³/mol. The number of carbonyl (C=O) groups is 1. The first-order valence-electron chi connectivity index (χ1n) is 7.90. The highest BCUT2D eigenvalue weighted by molar-refractivity contribution is 7.89. The fourth-order valence-electron chi connectivity index (χ4n) is 3.24. The predicted octanol–water partition coefficient (Wildman–Crippen LogP) is 0.808. The van der Waals surface area contributed by atoms with Gasteiger partial charge in [0, 0.05) is 24.8 Å². The summed E-state index contributed by atoms with van der Waals surface area (Å²) in [4.78, 5) is 31.3. The van der Waals surface area contributed by atoms with Gasteiger partial charge in [0.25, 0.3) is 5.56 Å². The first-order valence-corrected chi connectivity index (χ1v) is 9.51. The molecule has 0 atom stereocenters. The van der Waals surface area contributed by atoms with Gasteiger partial charge >= 0.3 is 0 Å². The maximum atomic E-state index is 12.3. The zero-order chi connectivity index (χ0) is 16.9. The van der Waals surface area contributed by atoms with Crippen molar-refractivity contribution in [3.05, 3.63) is 40.4 Å². The molecule has 1 aliphatic heterocycles. The van der Waals surface area contributed by atoms with E-state index in [1.807, 2.05) is 0 Å². The number of hydrogen-bond donors (Lipinski definition) is 1. The van der Waals surface area contributed by atoms with Crippen LogP contribution in [0.4, 0.5) is 0 Å². The number of sulfonamides is 1. The number of para-hydroxylation sites is 1. The van der Waals surface area contributed by atoms with E-state index in [0.717, 1.165) is 17.1 Å². The molecule has 1 saturated carbocycles. The molecule has 1 saturated heterocycles. The first-order chi connectivity index (χ1) is 11.4. The SMILES string of the molecule is O=C(CCc1nc2ccccc2c(=O)[nH]1)N1CC2(CC2)CS1(=O)=O. The van der Waals surface area contributed by atoms with Gasteiger partial charge in [-0.2, -0.15) is 0 Å². The summed E-state index contributed by atoms with van der Waals surface area (Å²) in [5, 5.41) is 0.491. The topological polar surface area (TPSA) is 100 Å². The molecule has 1 spiro atoms. The minimum absolute atomic E-state index is 0.0105. The number of benzene rings is 1. The Morgan fingerprint density at radius 1 is 1.29 bits per heavy atom. The summed E-state index contributed by atoms with van der Waals surface area (Å²) in [7, 11) is -3.49. The Morgan fingerprint density at radius 2 is 2.04 bits per heavy atom. The van der Waals surface area contributed by atoms with Crippen molar-refractivity contribution in [3.8, 4) is 0 Å². The molecule has 2 aliphatic rings. The number of H-pyrrole nitrogens is 1. The molecule has 1 aliphatic carbocycles. The van der Waals surface area contributed by atoms with Gasteiger partial charge < -0.3 is 4.98 Å². The van der Waals surface area contributed by atoms with Crippen LogP contribution >= 0.6 is 0 Å². The van der Waals surface area contributed by atoms with Gasteiger partial charge in [0.2, 0.25) is 15.9 Å². The van der Waals surface area contributed by atoms with Crippen LogP contribution in [0.25, 0.3) is 10.9 Å². The zero-order valence-electron chi connectivity index (χ0n) is 13.0. The summed E-state index contributed by atoms with van der Waals surface area (Å²) in [5.74, 6) is 0.0518. The van der Waals surface area contributed by atoms with Crippen molar-refractivity contribution in [2.45, 2.75) is 25.7 Å². The lowest BCUT2D eigenvalue weighted by molar-refractivity contribution is -0.126. The van der Waals surface area contributed by atoms with Gasteiger partial charge in [-0.3, -0.25) is 9.59 Å². The van der Waals surface area contributed by atoms with Crippen molar-refractivity contribution >= 4 is 26.8 Å². The number of nitrogens with zero attached hydrogens (tertiary/aromatic N) is 2. The van der Waals surface area contributed by atoms with Crippen LogP contribution in [-0.4, -0.2) is 40.9 Å². The average Bonchev–Trinajstić information content (AvgIpc) is 3.22. The molecule has 0 radical (unpaired) electrons. The van der Waals surface area contributed by atoms with Crippen LogP contribution in [0.1, 0.15) is 25.1 Å². The molecule has 1 aromatic heterocycles. The van der Waals surface area contributed by atoms with Crippen molar-refractivity contribution in [2.75, 3.05) is 12.3 Å². The number of amides is 1. The number of carbonyl (C=O) groups excluding carboxylic acids is 1. The van der Waals surface area contributed by atoms with E-state index in [0.29, 0.717) is 23.3 Å². The minimum atomic E-state index is -3.49. The Morgan fingerprint density at radius 3 is 2.75 bits per heavy atom. The standard InChI is InChI=1S/C16H17N3O4S/c20-14(19-9-16(7-8-16)10-24(19,22)23)6-5-13-17-12-4-2-1-3-11(12)15(21)18-13/h1-4H,5-10H2,(H,17,18,21). The summed E-state index contributed by atoms with van der Waals surface area (Å²) >= 11 is 0. The summed E-state index contributed by atoms with van der Waals surface area (Å²) in [5.41, 5.74) is 0.118. The van der Waals surface area contributed by atoms with Gasteiger partial charge in [-0.25, -0.2) is 17.7 Å². The normalized spacial score (nSPS) is 20.6. The summed E-state index contributed by atoms with van der Waals surface area (Å²) in [6, 6.07) is 6.96. The van der Waals surface area contributed by atoms with Crippen molar-refractivity contribution < 1.29 is 13.2 Å². The molecule has 8 heteroatoms. The lowest BCUT2D eigenvalue weighted by atomic mass is 10.1. The Kier molecular flexibility index (Phi) is 3.28. The highest BCUT2D eigenvalue weighted by atomic mass is 32.2. The fraction of sp³-hybridized carbons (Fsp3) is 0.438. The third kappa shape index (κ3) is 2.60. The summed E-state index contributed by atoms with van der Waals surface area (Å²) in [6.45, 7) is 0.301. The minimum Gasteiger partial charge on any atom is -0.310 e. The quantitative estimate of drug-likeness (QED) is 0.885. The number of hydrogen-bond acceptors (Lipinski definition) is 5. The van der Waals surface area contributed by atoms with Crippen LogP contribution in [0, 0.1) is 5.41 Å². The van der Waals surface area contributed by atoms with E-state index in [1.165, 1.54) is 0 Å². The molecule has 1 N–H and O–H groups in total. The van der Waals surface area contributed by atoms with Crippen LogP contribution in [-0.2, 0) is 21.2 Å². The molecule has 24 heavy (non-hydrogen) atoms. The van der Waals surface area contributed by atoms with Crippen LogP contribution in [0.15, 0.2) is 29.1 Å². The molecular weight excluding hydrogens is 330 g/mol. The van der Waals surface area contributed by atoms with Crippen molar-refractivity contribution in [3.63, 3.8) is 0 Å². The molecular formula is C16H17N3O4S. The molecule has 1 amide bonds. The van der Waals surface area contributed by atoms with E-state index >= 15 is 0 Å². The highest BCUT2D eigenvalue weighted by Crippen LogP contribution is 2.51. The van der Waals surface area contributed by atoms with Gasteiger partial charge in [-0.15, -0.1) is 0 Å². The molecule has 0 unspecified atom stereocenters. The second-order valence-electron chi connectivity index (χ2n) is 6.69. The van der Waals surface area contributed by atoms with E-state index in [1.54, 1.807) is 24.3 Å². The van der Waals surface area contributed by atoms with E-state index in [4.69, 9.17) is 0 Å². The third-order valence-electron chi connectivity index (χ3n) is 4.78. The lowest BCUT2D eigenvalue weighted by Crippen LogP contribution is -2.33. The van der Waals surface area contributed by atoms with E-state index in [2.05, 4.69) is 9.97 Å². The van der Waals surface area contributed by atoms with Crippen LogP contribution in [0.3, 0.4) is 0 Å². The van der Waals surface area contributed by atoms with Crippen LogP contribution < -0.4 is 5.56 Å². The largest absolute Gasteiger partial charge is 0.310 e. The molecule has 126 valence electrons. The molecule has 4 rings (SSSR count). The van der Waals surface area contributed by atoms with Gasteiger partial charge in [-0.05, 0) is 25.0 Å². The lowest BCUT2D eigenvalue weighted by Gasteiger charge is -2.14. The molecule has 0 bridgehead atoms. The zero-order valence-corrected chi connectivity index (χ0v) is 13.8. The number of aryl methyl sites for hydroxylation is 1. The number of aromatic amines is 1. The summed E-state index contributed by atoms with van der Waals surface area (Å²) in [6.07, 6.45) is 1.96. The van der Waals surface area contributed by atoms with Crippen molar-refractivity contribution in [1.82, 2.24) is 14.3 Å². The monoisotopic (exact) mass is 347 g/mol. The Bertz CT molecular complexity index is 992. The van der Waals surface area contributed by atoms with Gasteiger partial charge in [-0.1, -0.05) is 12.1 Å². The highest BCUT2D eigenvalue weighted by Gasteiger charge is 2.56. The maximum absolute atomic E-state index is 12.3. The van der Waals surface area contributed by atoms with Crippen molar-refractivity contribution in [2.24, 2.45) is 5.41 Å². The maximum Gasteiger partial charge on any atom is 0.258 e. The Labute approximate surface area is 138 Å².